The number of rotatable bonds is 0. The van der Waals surface area contributed by atoms with Gasteiger partial charge in [0.25, 0.3) is 0 Å². The van der Waals surface area contributed by atoms with Gasteiger partial charge in [0.05, 0.1) is 0 Å². The van der Waals surface area contributed by atoms with E-state index < -0.39 is 18.5 Å². The first kappa shape index (κ1) is 29.4. The van der Waals surface area contributed by atoms with Crippen molar-refractivity contribution in [3.63, 3.8) is 0 Å². The third kappa shape index (κ3) is 1940. The van der Waals surface area contributed by atoms with Gasteiger partial charge in [-0.15, -0.1) is 0 Å². The fourth-order valence-corrected chi connectivity index (χ4v) is 0. The molecule has 0 saturated carbocycles. The van der Waals surface area contributed by atoms with E-state index in [4.69, 9.17) is 45.0 Å². The normalized spacial score (nSPS) is 5.14. The largest absolute Gasteiger partial charge is 3.00 e. The first-order valence-corrected chi connectivity index (χ1v) is 1.84. The molecule has 0 amide bonds. The molecule has 0 bridgehead atoms. The Labute approximate surface area is 159 Å². The molecule has 0 aliphatic rings. The van der Waals surface area contributed by atoms with Crippen molar-refractivity contribution in [2.45, 2.75) is 0 Å². The first-order valence-electron chi connectivity index (χ1n) is 1.84. The van der Waals surface area contributed by atoms with Crippen LogP contribution < -0.4 is 30.6 Å². The third-order valence-electron chi connectivity index (χ3n) is 0. The maximum absolute atomic E-state index is 8.33. The maximum Gasteiger partial charge on any atom is 3.00 e. The molecule has 0 rings (SSSR count). The van der Waals surface area contributed by atoms with Crippen LogP contribution in [-0.4, -0.2) is 18.5 Å². The topological polar surface area (TPSA) is 190 Å². The fourth-order valence-electron chi connectivity index (χ4n) is 0. The van der Waals surface area contributed by atoms with Crippen LogP contribution in [0.25, 0.3) is 0 Å². The maximum atomic E-state index is 8.33. The van der Waals surface area contributed by atoms with E-state index in [-0.39, 0.29) is 98.8 Å². The Bertz CT molecular complexity index is 116. The minimum atomic E-state index is -2.33. The average molecular weight is 484 g/mol. The Kier molecular flexibility index (Phi) is 49.6. The standard InChI is InChI=1S/3CH2O3.2Eu/c3*2-1(3)4;;/h3*(H2,2,3,4);;/q;;;2*+3/p-6. The van der Waals surface area contributed by atoms with E-state index in [9.17, 15) is 0 Å². The van der Waals surface area contributed by atoms with Crippen molar-refractivity contribution in [1.82, 2.24) is 0 Å². The fraction of sp³-hybridized carbons (Fsp3) is 0. The van der Waals surface area contributed by atoms with E-state index in [1.54, 1.807) is 0 Å². The summed E-state index contributed by atoms with van der Waals surface area (Å²) in [5, 5.41) is 50.0. The molecule has 0 atom stereocenters. The molecule has 0 fully saturated rings. The summed E-state index contributed by atoms with van der Waals surface area (Å²) >= 11 is 0. The minimum absolute atomic E-state index is 0. The second-order valence-electron chi connectivity index (χ2n) is 0.750. The van der Waals surface area contributed by atoms with Crippen molar-refractivity contribution in [2.24, 2.45) is 0 Å². The average Bonchev–Trinajstić information content (AvgIpc) is 1.54. The molecular weight excluding hydrogens is 484 g/mol. The third-order valence-corrected chi connectivity index (χ3v) is 0. The molecule has 11 heteroatoms. The summed E-state index contributed by atoms with van der Waals surface area (Å²) in [7, 11) is 0. The van der Waals surface area contributed by atoms with Crippen LogP contribution in [0, 0.1) is 98.8 Å². The van der Waals surface area contributed by atoms with Crippen molar-refractivity contribution < 1.29 is 144 Å². The van der Waals surface area contributed by atoms with Gasteiger partial charge in [0.1, 0.15) is 0 Å². The van der Waals surface area contributed by atoms with E-state index in [1.807, 2.05) is 0 Å². The van der Waals surface area contributed by atoms with Gasteiger partial charge >= 0.3 is 98.8 Å². The van der Waals surface area contributed by atoms with Crippen LogP contribution in [0.4, 0.5) is 14.4 Å². The molecule has 0 aromatic carbocycles. The van der Waals surface area contributed by atoms with Crippen molar-refractivity contribution in [2.75, 3.05) is 0 Å². The molecule has 9 nitrogen and oxygen atoms in total. The zero-order valence-corrected chi connectivity index (χ0v) is 10.8. The number of carboxylic acid groups (broad SMARTS) is 6. The zero-order valence-electron chi connectivity index (χ0n) is 5.93. The second kappa shape index (κ2) is 23.6. The van der Waals surface area contributed by atoms with Crippen molar-refractivity contribution in [3.8, 4) is 0 Å². The van der Waals surface area contributed by atoms with Crippen molar-refractivity contribution >= 4 is 18.5 Å². The van der Waals surface area contributed by atoms with Gasteiger partial charge in [-0.2, -0.15) is 0 Å². The molecule has 0 aromatic heterocycles. The number of hydrogen-bond acceptors (Lipinski definition) is 9. The van der Waals surface area contributed by atoms with Gasteiger partial charge in [-0.1, -0.05) is 0 Å². The van der Waals surface area contributed by atoms with Gasteiger partial charge in [-0.25, -0.2) is 0 Å². The Morgan fingerprint density at radius 2 is 0.500 bits per heavy atom. The van der Waals surface area contributed by atoms with E-state index in [0.29, 0.717) is 0 Å². The predicted molar refractivity (Wildman–Crippen MR) is 16.2 cm³/mol. The van der Waals surface area contributed by atoms with Gasteiger partial charge in [0.2, 0.25) is 0 Å². The summed E-state index contributed by atoms with van der Waals surface area (Å²) in [6, 6.07) is 0. The Morgan fingerprint density at radius 3 is 0.500 bits per heavy atom. The van der Waals surface area contributed by atoms with E-state index in [0.717, 1.165) is 0 Å². The van der Waals surface area contributed by atoms with Crippen LogP contribution in [0.3, 0.4) is 0 Å². The Hall–Kier alpha value is 0.979. The summed E-state index contributed by atoms with van der Waals surface area (Å²) in [6.07, 6.45) is -7.00. The predicted octanol–water partition coefficient (Wildman–Crippen LogP) is -7.34. The summed E-state index contributed by atoms with van der Waals surface area (Å²) < 4.78 is 0. The van der Waals surface area contributed by atoms with E-state index in [2.05, 4.69) is 0 Å². The molecule has 0 aromatic rings. The molecule has 0 unspecified atom stereocenters. The van der Waals surface area contributed by atoms with Gasteiger partial charge in [-0.3, -0.25) is 0 Å². The molecule has 0 aliphatic carbocycles. The van der Waals surface area contributed by atoms with Gasteiger partial charge in [-0.05, 0) is 18.5 Å². The van der Waals surface area contributed by atoms with Crippen LogP contribution >= 0.6 is 0 Å². The molecular formula is C3Eu2O9. The molecule has 0 saturated heterocycles. The minimum Gasteiger partial charge on any atom is -0.652 e. The van der Waals surface area contributed by atoms with Gasteiger partial charge in [0, 0.05) is 0 Å². The van der Waals surface area contributed by atoms with Crippen LogP contribution in [0.1, 0.15) is 0 Å². The van der Waals surface area contributed by atoms with Gasteiger partial charge < -0.3 is 45.0 Å². The summed E-state index contributed by atoms with van der Waals surface area (Å²) in [5.74, 6) is 0. The number of hydrogen-bond donors (Lipinski definition) is 0. The number of carbonyl (C=O) groups is 3. The van der Waals surface area contributed by atoms with E-state index >= 15 is 0 Å². The summed E-state index contributed by atoms with van der Waals surface area (Å²) in [6.45, 7) is 0. The van der Waals surface area contributed by atoms with Crippen LogP contribution in [-0.2, 0) is 0 Å². The molecule has 14 heavy (non-hydrogen) atoms. The molecule has 0 N–H and O–H groups in total. The monoisotopic (exact) mass is 486 g/mol. The van der Waals surface area contributed by atoms with E-state index in [1.165, 1.54) is 0 Å². The first-order chi connectivity index (χ1) is 5.20. The Balaban J connectivity index is -0.0000000270. The molecule has 0 spiro atoms. The smallest absolute Gasteiger partial charge is 0.652 e. The molecule has 80 valence electrons. The number of carbonyl (C=O) groups excluding carboxylic acids is 3. The summed E-state index contributed by atoms with van der Waals surface area (Å²) in [5.41, 5.74) is 0. The van der Waals surface area contributed by atoms with Crippen molar-refractivity contribution in [1.29, 1.82) is 0 Å². The zero-order chi connectivity index (χ0) is 10.7. The van der Waals surface area contributed by atoms with Crippen molar-refractivity contribution in [3.05, 3.63) is 0 Å². The summed E-state index contributed by atoms with van der Waals surface area (Å²) in [4.78, 5) is 25.0. The Morgan fingerprint density at radius 1 is 0.500 bits per heavy atom. The second-order valence-corrected chi connectivity index (χ2v) is 0.750. The van der Waals surface area contributed by atoms with Crippen LogP contribution in [0.2, 0.25) is 0 Å². The van der Waals surface area contributed by atoms with Crippen LogP contribution in [0.15, 0.2) is 0 Å². The SMILES string of the molecule is O=C([O-])[O-].O=C([O-])[O-].O=C([O-])[O-].[Eu+3].[Eu+3]. The molecule has 0 aliphatic heterocycles. The quantitative estimate of drug-likeness (QED) is 0.322. The molecule has 0 radical (unpaired) electrons. The van der Waals surface area contributed by atoms with Gasteiger partial charge in [0.15, 0.2) is 0 Å². The van der Waals surface area contributed by atoms with Crippen LogP contribution in [0.5, 0.6) is 0 Å². The molecule has 0 heterocycles.